The number of rotatable bonds is 6. The molecule has 2 aliphatic heterocycles. The van der Waals surface area contributed by atoms with Gasteiger partial charge in [0.15, 0.2) is 0 Å². The summed E-state index contributed by atoms with van der Waals surface area (Å²) in [7, 11) is 0. The molecular weight excluding hydrogens is 394 g/mol. The van der Waals surface area contributed by atoms with Crippen LogP contribution >= 0.6 is 0 Å². The topological polar surface area (TPSA) is 19.0 Å². The maximum absolute atomic E-state index is 13.6. The van der Waals surface area contributed by atoms with E-state index in [1.165, 1.54) is 24.3 Å². The lowest BCUT2D eigenvalue weighted by atomic mass is 9.96. The Morgan fingerprint density at radius 3 is 1.97 bits per heavy atom. The van der Waals surface area contributed by atoms with Crippen LogP contribution in [-0.4, -0.2) is 48.6 Å². The molecule has 160 valence electrons. The maximum Gasteiger partial charge on any atom is 0.123 e. The van der Waals surface area contributed by atoms with E-state index in [1.54, 1.807) is 24.3 Å². The van der Waals surface area contributed by atoms with Gasteiger partial charge in [-0.2, -0.15) is 0 Å². The van der Waals surface area contributed by atoms with E-state index < -0.39 is 42.4 Å². The Labute approximate surface area is 191 Å². The van der Waals surface area contributed by atoms with Gasteiger partial charge < -0.3 is 4.74 Å². The molecule has 2 heterocycles. The molecule has 2 unspecified atom stereocenters. The van der Waals surface area contributed by atoms with E-state index in [9.17, 15) is 8.78 Å². The summed E-state index contributed by atoms with van der Waals surface area (Å²) in [5.41, 5.74) is 1.39. The van der Waals surface area contributed by atoms with Crippen LogP contribution in [0.1, 0.15) is 38.4 Å². The molecule has 2 fully saturated rings. The first-order valence-corrected chi connectivity index (χ1v) is 10.2. The van der Waals surface area contributed by atoms with Crippen LogP contribution in [0.5, 0.6) is 0 Å². The summed E-state index contributed by atoms with van der Waals surface area (Å²) in [5.74, 6) is -0.695. The van der Waals surface area contributed by atoms with Crippen molar-refractivity contribution in [2.75, 3.05) is 32.7 Å². The van der Waals surface area contributed by atoms with Crippen LogP contribution in [0.4, 0.5) is 8.78 Å². The first kappa shape index (κ1) is 13.7. The number of hydrogen-bond donors (Lipinski definition) is 0. The summed E-state index contributed by atoms with van der Waals surface area (Å²) < 4.78 is 90.0. The van der Waals surface area contributed by atoms with Crippen molar-refractivity contribution in [2.45, 2.75) is 18.2 Å². The zero-order chi connectivity index (χ0) is 27.4. The number of epoxide rings is 1. The molecule has 0 amide bonds. The Bertz CT molecular complexity index is 1280. The zero-order valence-electron chi connectivity index (χ0n) is 23.8. The largest absolute Gasteiger partial charge is 0.363 e. The van der Waals surface area contributed by atoms with Crippen LogP contribution in [-0.2, 0) is 4.74 Å². The van der Waals surface area contributed by atoms with Gasteiger partial charge in [-0.15, -0.1) is 0 Å². The van der Waals surface area contributed by atoms with Gasteiger partial charge in [-0.3, -0.25) is 9.80 Å². The highest BCUT2D eigenvalue weighted by Gasteiger charge is 2.41. The van der Waals surface area contributed by atoms with Crippen molar-refractivity contribution in [1.82, 2.24) is 9.80 Å². The summed E-state index contributed by atoms with van der Waals surface area (Å²) in [5, 5.41) is 0. The zero-order valence-corrected chi connectivity index (χ0v) is 16.8. The molecule has 3 aromatic carbocycles. The second-order valence-electron chi connectivity index (χ2n) is 7.67. The highest BCUT2D eigenvalue weighted by molar-refractivity contribution is 5.32. The molecule has 31 heavy (non-hydrogen) atoms. The first-order chi connectivity index (χ1) is 17.9. The van der Waals surface area contributed by atoms with Crippen molar-refractivity contribution in [3.8, 4) is 0 Å². The Morgan fingerprint density at radius 1 is 0.871 bits per heavy atom. The van der Waals surface area contributed by atoms with Crippen molar-refractivity contribution in [2.24, 2.45) is 0 Å². The molecule has 0 radical (unpaired) electrons. The van der Waals surface area contributed by atoms with Crippen molar-refractivity contribution < 1.29 is 23.1 Å². The molecule has 0 N–H and O–H groups in total. The average molecular weight is 428 g/mol. The second kappa shape index (κ2) is 8.87. The number of piperazine rings is 1. The SMILES string of the molecule is [2H]c1c([2H])c([2H])c(C2([2H])OC2([2H])CN2CCN(C(c3ccc(F)cc3)c3ccc(F)cc3)CC2)c([2H])c1[2H]. The predicted octanol–water partition coefficient (Wildman–Crippen LogP) is 4.81. The van der Waals surface area contributed by atoms with Gasteiger partial charge in [-0.1, -0.05) is 54.5 Å². The molecule has 2 saturated heterocycles. The third-order valence-corrected chi connectivity index (χ3v) is 5.67. The molecule has 3 nitrogen and oxygen atoms in total. The monoisotopic (exact) mass is 427 g/mol. The highest BCUT2D eigenvalue weighted by atomic mass is 19.1. The molecule has 0 aliphatic carbocycles. The molecule has 0 saturated carbocycles. The minimum atomic E-state index is -2.08. The number of halogens is 2. The smallest absolute Gasteiger partial charge is 0.123 e. The quantitative estimate of drug-likeness (QED) is 0.526. The van der Waals surface area contributed by atoms with E-state index in [2.05, 4.69) is 4.90 Å². The van der Waals surface area contributed by atoms with Crippen LogP contribution in [0.25, 0.3) is 0 Å². The Hall–Kier alpha value is -2.60. The van der Waals surface area contributed by atoms with E-state index >= 15 is 0 Å². The van der Waals surface area contributed by atoms with Crippen LogP contribution in [0, 0.1) is 11.6 Å². The number of benzene rings is 3. The standard InChI is InChI=1S/C26H26F2N2O/c27-22-10-6-19(7-11-22)25(20-8-12-23(28)13-9-20)30-16-14-29(15-17-30)18-24-26(31-24)21-4-2-1-3-5-21/h1-13,24-26H,14-18H2/i1D,2D,3D,4D,5D,24D,26D. The van der Waals surface area contributed by atoms with Gasteiger partial charge in [0.05, 0.1) is 15.6 Å². The average Bonchev–Trinajstić information content (AvgIpc) is 3.44. The number of hydrogen-bond acceptors (Lipinski definition) is 3. The van der Waals surface area contributed by atoms with Gasteiger partial charge in [0, 0.05) is 32.7 Å². The minimum absolute atomic E-state index is 0.0181. The second-order valence-corrected chi connectivity index (χ2v) is 7.67. The fourth-order valence-electron chi connectivity index (χ4n) is 4.04. The van der Waals surface area contributed by atoms with E-state index in [4.69, 9.17) is 14.3 Å². The third-order valence-electron chi connectivity index (χ3n) is 5.67. The summed E-state index contributed by atoms with van der Waals surface area (Å²) in [4.78, 5) is 4.13. The van der Waals surface area contributed by atoms with Gasteiger partial charge >= 0.3 is 0 Å². The lowest BCUT2D eigenvalue weighted by molar-refractivity contribution is 0.104. The first-order valence-electron chi connectivity index (χ1n) is 13.7. The minimum Gasteiger partial charge on any atom is -0.363 e. The summed E-state index contributed by atoms with van der Waals surface area (Å²) in [6, 6.07) is 9.41. The Morgan fingerprint density at radius 2 is 1.42 bits per heavy atom. The Kier molecular flexibility index (Phi) is 3.93. The van der Waals surface area contributed by atoms with Gasteiger partial charge in [0.1, 0.15) is 23.8 Å². The van der Waals surface area contributed by atoms with Crippen LogP contribution in [0.15, 0.2) is 78.7 Å². The molecule has 5 heteroatoms. The van der Waals surface area contributed by atoms with E-state index in [1.807, 2.05) is 4.90 Å². The molecule has 2 aliphatic rings. The highest BCUT2D eigenvalue weighted by Crippen LogP contribution is 2.39. The van der Waals surface area contributed by atoms with Crippen LogP contribution < -0.4 is 0 Å². The fraction of sp³-hybridized carbons (Fsp3) is 0.308. The number of ether oxygens (including phenoxy) is 1. The molecular formula is C26H26F2N2O. The van der Waals surface area contributed by atoms with Gasteiger partial charge in [0.25, 0.3) is 0 Å². The fourth-order valence-corrected chi connectivity index (χ4v) is 4.04. The summed E-state index contributed by atoms with van der Waals surface area (Å²) in [6.07, 6.45) is -3.88. The van der Waals surface area contributed by atoms with E-state index in [0.29, 0.717) is 26.2 Å². The Balaban J connectivity index is 1.32. The third kappa shape index (κ3) is 4.69. The maximum atomic E-state index is 13.6. The number of nitrogens with zero attached hydrogens (tertiary/aromatic N) is 2. The summed E-state index contributed by atoms with van der Waals surface area (Å²) >= 11 is 0. The molecule has 0 bridgehead atoms. The van der Waals surface area contributed by atoms with Crippen LogP contribution in [0.2, 0.25) is 0 Å². The van der Waals surface area contributed by atoms with Gasteiger partial charge in [0.2, 0.25) is 0 Å². The van der Waals surface area contributed by atoms with E-state index in [-0.39, 0.29) is 29.8 Å². The normalized spacial score (nSPS) is 30.0. The molecule has 3 aromatic rings. The lowest BCUT2D eigenvalue weighted by Gasteiger charge is -2.39. The van der Waals surface area contributed by atoms with Crippen molar-refractivity contribution in [1.29, 1.82) is 0 Å². The van der Waals surface area contributed by atoms with Gasteiger partial charge in [-0.05, 0) is 41.0 Å². The van der Waals surface area contributed by atoms with Crippen molar-refractivity contribution in [3.05, 3.63) is 107 Å². The lowest BCUT2D eigenvalue weighted by Crippen LogP contribution is -2.48. The summed E-state index contributed by atoms with van der Waals surface area (Å²) in [6.45, 7) is 2.17. The molecule has 5 rings (SSSR count). The van der Waals surface area contributed by atoms with E-state index in [0.717, 1.165) is 11.1 Å². The van der Waals surface area contributed by atoms with Gasteiger partial charge in [-0.25, -0.2) is 8.78 Å². The van der Waals surface area contributed by atoms with Crippen LogP contribution in [0.3, 0.4) is 0 Å². The van der Waals surface area contributed by atoms with Crippen molar-refractivity contribution >= 4 is 0 Å². The molecule has 2 atom stereocenters. The molecule has 0 spiro atoms. The van der Waals surface area contributed by atoms with Crippen molar-refractivity contribution in [3.63, 3.8) is 0 Å². The molecule has 0 aromatic heterocycles. The predicted molar refractivity (Wildman–Crippen MR) is 117 cm³/mol.